The lowest BCUT2D eigenvalue weighted by Gasteiger charge is -2.26. The Bertz CT molecular complexity index is 745. The van der Waals surface area contributed by atoms with Gasteiger partial charge < -0.3 is 9.64 Å². The zero-order chi connectivity index (χ0) is 19.2. The van der Waals surface area contributed by atoms with Gasteiger partial charge in [0.1, 0.15) is 6.54 Å². The molecule has 0 saturated carbocycles. The molecule has 0 aliphatic carbocycles. The third-order valence-corrected chi connectivity index (χ3v) is 6.12. The maximum Gasteiger partial charge on any atom is 0.244 e. The van der Waals surface area contributed by atoms with Crippen molar-refractivity contribution in [2.45, 2.75) is 26.1 Å². The summed E-state index contributed by atoms with van der Waals surface area (Å²) in [6.45, 7) is 8.50. The van der Waals surface area contributed by atoms with Crippen LogP contribution in [0.2, 0.25) is 0 Å². The molecule has 0 atom stereocenters. The third kappa shape index (κ3) is 5.13. The van der Waals surface area contributed by atoms with Crippen molar-refractivity contribution in [3.05, 3.63) is 28.2 Å². The van der Waals surface area contributed by atoms with E-state index in [1.807, 2.05) is 4.90 Å². The van der Waals surface area contributed by atoms with Crippen molar-refractivity contribution in [3.63, 3.8) is 0 Å². The highest BCUT2D eigenvalue weighted by Gasteiger charge is 2.22. The van der Waals surface area contributed by atoms with Crippen LogP contribution in [0.4, 0.5) is 0 Å². The lowest BCUT2D eigenvalue weighted by Crippen LogP contribution is -2.39. The van der Waals surface area contributed by atoms with E-state index in [0.717, 1.165) is 71.3 Å². The molecule has 9 nitrogen and oxygen atoms in total. The fourth-order valence-electron chi connectivity index (χ4n) is 3.65. The molecule has 4 rings (SSSR count). The molecule has 0 spiro atoms. The average molecular weight is 406 g/mol. The summed E-state index contributed by atoms with van der Waals surface area (Å²) in [6.07, 6.45) is 0.993. The van der Waals surface area contributed by atoms with E-state index in [0.29, 0.717) is 6.54 Å². The number of carbonyl (C=O) groups is 1. The molecule has 0 bridgehead atoms. The second-order valence-corrected chi connectivity index (χ2v) is 8.26. The van der Waals surface area contributed by atoms with Crippen molar-refractivity contribution in [2.24, 2.45) is 0 Å². The van der Waals surface area contributed by atoms with E-state index in [2.05, 4.69) is 42.8 Å². The standard InChI is InChI=1S/C18H27N7O2S/c26-18(15-25-17(19-20-21-25)14-23-8-10-27-11-9-23)24-5-2-4-22(6-7-24)13-16-3-1-12-28-16/h1,3,12H,2,4-11,13-15H2. The molecule has 2 aromatic heterocycles. The number of aromatic nitrogens is 4. The maximum atomic E-state index is 12.8. The average Bonchev–Trinajstić information content (AvgIpc) is 3.31. The molecule has 0 radical (unpaired) electrons. The summed E-state index contributed by atoms with van der Waals surface area (Å²) in [4.78, 5) is 20.9. The first-order valence-electron chi connectivity index (χ1n) is 9.85. The van der Waals surface area contributed by atoms with Gasteiger partial charge in [-0.3, -0.25) is 14.6 Å². The number of nitrogens with zero attached hydrogens (tertiary/aromatic N) is 7. The molecule has 1 amide bonds. The van der Waals surface area contributed by atoms with Gasteiger partial charge in [-0.25, -0.2) is 4.68 Å². The van der Waals surface area contributed by atoms with Crippen LogP contribution in [0.15, 0.2) is 17.5 Å². The molecule has 28 heavy (non-hydrogen) atoms. The SMILES string of the molecule is O=C(Cn1nnnc1CN1CCOCC1)N1CCCN(Cc2cccs2)CC1. The quantitative estimate of drug-likeness (QED) is 0.684. The van der Waals surface area contributed by atoms with E-state index >= 15 is 0 Å². The van der Waals surface area contributed by atoms with Crippen LogP contribution in [0.3, 0.4) is 0 Å². The van der Waals surface area contributed by atoms with E-state index < -0.39 is 0 Å². The van der Waals surface area contributed by atoms with Crippen molar-refractivity contribution in [3.8, 4) is 0 Å². The summed E-state index contributed by atoms with van der Waals surface area (Å²) in [5.74, 6) is 0.831. The van der Waals surface area contributed by atoms with Crippen LogP contribution in [-0.2, 0) is 29.2 Å². The van der Waals surface area contributed by atoms with Gasteiger partial charge in [-0.05, 0) is 28.3 Å². The first-order valence-corrected chi connectivity index (χ1v) is 10.7. The lowest BCUT2D eigenvalue weighted by atomic mass is 10.3. The zero-order valence-electron chi connectivity index (χ0n) is 16.1. The molecule has 0 aromatic carbocycles. The Kier molecular flexibility index (Phi) is 6.63. The molecule has 10 heteroatoms. The molecule has 152 valence electrons. The summed E-state index contributed by atoms with van der Waals surface area (Å²) in [5.41, 5.74) is 0. The van der Waals surface area contributed by atoms with Gasteiger partial charge in [-0.2, -0.15) is 0 Å². The number of carbonyl (C=O) groups excluding carboxylic acids is 1. The van der Waals surface area contributed by atoms with Gasteiger partial charge in [0, 0.05) is 50.7 Å². The minimum absolute atomic E-state index is 0.0912. The van der Waals surface area contributed by atoms with Crippen molar-refractivity contribution < 1.29 is 9.53 Å². The Morgan fingerprint density at radius 2 is 1.93 bits per heavy atom. The predicted octanol–water partition coefficient (Wildman–Crippen LogP) is 0.301. The number of amides is 1. The summed E-state index contributed by atoms with van der Waals surface area (Å²) in [5, 5.41) is 14.1. The molecular formula is C18H27N7O2S. The molecule has 0 unspecified atom stereocenters. The predicted molar refractivity (Wildman–Crippen MR) is 105 cm³/mol. The fraction of sp³-hybridized carbons (Fsp3) is 0.667. The zero-order valence-corrected chi connectivity index (χ0v) is 16.9. The minimum atomic E-state index is 0.0912. The Hall–Kier alpha value is -1.88. The number of rotatable bonds is 6. The van der Waals surface area contributed by atoms with Gasteiger partial charge in [-0.15, -0.1) is 16.4 Å². The summed E-state index contributed by atoms with van der Waals surface area (Å²) in [7, 11) is 0. The van der Waals surface area contributed by atoms with Crippen molar-refractivity contribution in [1.29, 1.82) is 0 Å². The first kappa shape index (κ1) is 19.4. The number of thiophene rings is 1. The van der Waals surface area contributed by atoms with Gasteiger partial charge in [0.25, 0.3) is 0 Å². The van der Waals surface area contributed by atoms with E-state index in [1.165, 1.54) is 4.88 Å². The van der Waals surface area contributed by atoms with E-state index in [1.54, 1.807) is 16.0 Å². The fourth-order valence-corrected chi connectivity index (χ4v) is 4.39. The lowest BCUT2D eigenvalue weighted by molar-refractivity contribution is -0.132. The van der Waals surface area contributed by atoms with Crippen LogP contribution < -0.4 is 0 Å². The van der Waals surface area contributed by atoms with Crippen LogP contribution in [0.5, 0.6) is 0 Å². The van der Waals surface area contributed by atoms with Gasteiger partial charge >= 0.3 is 0 Å². The van der Waals surface area contributed by atoms with Crippen molar-refractivity contribution in [2.75, 3.05) is 52.5 Å². The molecular weight excluding hydrogens is 378 g/mol. The Labute approximate surface area is 168 Å². The highest BCUT2D eigenvalue weighted by molar-refractivity contribution is 7.09. The van der Waals surface area contributed by atoms with Crippen LogP contribution >= 0.6 is 11.3 Å². The van der Waals surface area contributed by atoms with E-state index in [4.69, 9.17) is 4.74 Å². The number of tetrazole rings is 1. The Morgan fingerprint density at radius 3 is 2.75 bits per heavy atom. The Morgan fingerprint density at radius 1 is 1.07 bits per heavy atom. The van der Waals surface area contributed by atoms with Crippen LogP contribution in [0.25, 0.3) is 0 Å². The second-order valence-electron chi connectivity index (χ2n) is 7.23. The number of hydrogen-bond donors (Lipinski definition) is 0. The summed E-state index contributed by atoms with van der Waals surface area (Å²) >= 11 is 1.79. The van der Waals surface area contributed by atoms with Crippen molar-refractivity contribution in [1.82, 2.24) is 34.9 Å². The highest BCUT2D eigenvalue weighted by Crippen LogP contribution is 2.14. The molecule has 0 N–H and O–H groups in total. The molecule has 2 aliphatic heterocycles. The van der Waals surface area contributed by atoms with Crippen LogP contribution in [-0.4, -0.2) is 93.3 Å². The van der Waals surface area contributed by atoms with Gasteiger partial charge in [-0.1, -0.05) is 6.07 Å². The number of hydrogen-bond acceptors (Lipinski definition) is 8. The summed E-state index contributed by atoms with van der Waals surface area (Å²) < 4.78 is 7.03. The number of ether oxygens (including phenoxy) is 1. The second kappa shape index (κ2) is 9.55. The van der Waals surface area contributed by atoms with E-state index in [9.17, 15) is 4.79 Å². The maximum absolute atomic E-state index is 12.8. The van der Waals surface area contributed by atoms with Gasteiger partial charge in [0.15, 0.2) is 5.82 Å². The van der Waals surface area contributed by atoms with Gasteiger partial charge in [0.2, 0.25) is 5.91 Å². The Balaban J connectivity index is 1.29. The normalized spacial score (nSPS) is 19.6. The van der Waals surface area contributed by atoms with E-state index in [-0.39, 0.29) is 12.5 Å². The molecule has 2 aliphatic rings. The first-order chi connectivity index (χ1) is 13.8. The van der Waals surface area contributed by atoms with Crippen LogP contribution in [0, 0.1) is 0 Å². The topological polar surface area (TPSA) is 79.6 Å². The summed E-state index contributed by atoms with van der Waals surface area (Å²) in [6, 6.07) is 4.26. The van der Waals surface area contributed by atoms with Crippen molar-refractivity contribution >= 4 is 17.2 Å². The van der Waals surface area contributed by atoms with Gasteiger partial charge in [0.05, 0.1) is 19.8 Å². The number of morpholine rings is 1. The van der Waals surface area contributed by atoms with Crippen LogP contribution in [0.1, 0.15) is 17.1 Å². The molecule has 4 heterocycles. The minimum Gasteiger partial charge on any atom is -0.379 e. The smallest absolute Gasteiger partial charge is 0.244 e. The molecule has 2 fully saturated rings. The molecule has 2 aromatic rings. The highest BCUT2D eigenvalue weighted by atomic mass is 32.1. The molecule has 2 saturated heterocycles. The third-order valence-electron chi connectivity index (χ3n) is 5.26. The largest absolute Gasteiger partial charge is 0.379 e. The monoisotopic (exact) mass is 405 g/mol.